The summed E-state index contributed by atoms with van der Waals surface area (Å²) in [6, 6.07) is 7.62. The highest BCUT2D eigenvalue weighted by Crippen LogP contribution is 2.43. The lowest BCUT2D eigenvalue weighted by molar-refractivity contribution is 0.0376. The van der Waals surface area contributed by atoms with Gasteiger partial charge in [0.1, 0.15) is 6.67 Å². The first-order valence-corrected chi connectivity index (χ1v) is 10.2. The van der Waals surface area contributed by atoms with Crippen LogP contribution in [0.1, 0.15) is 34.1 Å². The SMILES string of the molecule is Cc1nccc2c1C(=O)N1CCN(S(=O)(=O)c3ccc(CF)cc3)CC21C. The number of hydrogen-bond donors (Lipinski definition) is 0. The molecule has 0 spiro atoms. The summed E-state index contributed by atoms with van der Waals surface area (Å²) in [6.07, 6.45) is 1.65. The molecular formula is C19H20FN3O3S. The Morgan fingerprint density at radius 1 is 1.19 bits per heavy atom. The molecular weight excluding hydrogens is 369 g/mol. The van der Waals surface area contributed by atoms with Crippen molar-refractivity contribution >= 4 is 15.9 Å². The van der Waals surface area contributed by atoms with Crippen LogP contribution in [0.3, 0.4) is 0 Å². The van der Waals surface area contributed by atoms with Crippen molar-refractivity contribution in [3.05, 3.63) is 58.9 Å². The average molecular weight is 389 g/mol. The van der Waals surface area contributed by atoms with Gasteiger partial charge >= 0.3 is 0 Å². The Morgan fingerprint density at radius 2 is 1.89 bits per heavy atom. The number of sulfonamides is 1. The van der Waals surface area contributed by atoms with Crippen molar-refractivity contribution in [2.75, 3.05) is 19.6 Å². The number of pyridine rings is 1. The summed E-state index contributed by atoms with van der Waals surface area (Å²) in [7, 11) is -3.74. The van der Waals surface area contributed by atoms with Crippen LogP contribution in [0.25, 0.3) is 0 Å². The molecule has 1 aromatic carbocycles. The van der Waals surface area contributed by atoms with Crippen LogP contribution in [-0.4, -0.2) is 48.1 Å². The van der Waals surface area contributed by atoms with Crippen LogP contribution in [-0.2, 0) is 22.2 Å². The number of rotatable bonds is 3. The molecule has 1 unspecified atom stereocenters. The molecule has 2 aliphatic rings. The first-order valence-electron chi connectivity index (χ1n) is 8.72. The Kier molecular flexibility index (Phi) is 4.08. The smallest absolute Gasteiger partial charge is 0.256 e. The molecule has 8 heteroatoms. The highest BCUT2D eigenvalue weighted by atomic mass is 32.2. The molecule has 0 aliphatic carbocycles. The minimum Gasteiger partial charge on any atom is -0.326 e. The number of nitrogens with zero attached hydrogens (tertiary/aromatic N) is 3. The summed E-state index contributed by atoms with van der Waals surface area (Å²) in [6.45, 7) is 3.75. The van der Waals surface area contributed by atoms with Crippen molar-refractivity contribution < 1.29 is 17.6 Å². The van der Waals surface area contributed by atoms with Gasteiger partial charge < -0.3 is 4.90 Å². The molecule has 27 heavy (non-hydrogen) atoms. The van der Waals surface area contributed by atoms with Gasteiger partial charge in [-0.05, 0) is 43.2 Å². The van der Waals surface area contributed by atoms with Gasteiger partial charge in [0.05, 0.1) is 21.7 Å². The van der Waals surface area contributed by atoms with E-state index < -0.39 is 22.2 Å². The molecule has 0 bridgehead atoms. The molecule has 0 saturated carbocycles. The molecule has 1 saturated heterocycles. The summed E-state index contributed by atoms with van der Waals surface area (Å²) in [5, 5.41) is 0. The van der Waals surface area contributed by atoms with Crippen LogP contribution < -0.4 is 0 Å². The summed E-state index contributed by atoms with van der Waals surface area (Å²) in [5.41, 5.74) is 1.75. The number of piperazine rings is 1. The van der Waals surface area contributed by atoms with E-state index in [9.17, 15) is 17.6 Å². The molecule has 3 heterocycles. The Balaban J connectivity index is 1.72. The molecule has 1 amide bonds. The Bertz CT molecular complexity index is 1020. The van der Waals surface area contributed by atoms with Crippen LogP contribution in [0.4, 0.5) is 4.39 Å². The van der Waals surface area contributed by atoms with Gasteiger partial charge in [-0.15, -0.1) is 0 Å². The van der Waals surface area contributed by atoms with Crippen molar-refractivity contribution in [2.24, 2.45) is 0 Å². The monoisotopic (exact) mass is 389 g/mol. The lowest BCUT2D eigenvalue weighted by Gasteiger charge is -2.44. The Morgan fingerprint density at radius 3 is 2.56 bits per heavy atom. The number of aryl methyl sites for hydroxylation is 1. The van der Waals surface area contributed by atoms with Gasteiger partial charge in [-0.2, -0.15) is 4.31 Å². The summed E-state index contributed by atoms with van der Waals surface area (Å²) in [4.78, 5) is 18.9. The quantitative estimate of drug-likeness (QED) is 0.807. The molecule has 142 valence electrons. The fourth-order valence-electron chi connectivity index (χ4n) is 4.05. The van der Waals surface area contributed by atoms with Gasteiger partial charge in [-0.25, -0.2) is 12.8 Å². The normalized spacial score (nSPS) is 22.6. The standard InChI is InChI=1S/C19H20FN3O3S/c1-13-17-16(7-8-21-13)19(2)12-22(9-10-23(19)18(17)24)27(25,26)15-5-3-14(11-20)4-6-15/h3-8H,9-12H2,1-2H3. The number of amides is 1. The molecule has 1 aromatic heterocycles. The summed E-state index contributed by atoms with van der Waals surface area (Å²) >= 11 is 0. The van der Waals surface area contributed by atoms with Crippen LogP contribution >= 0.6 is 0 Å². The predicted octanol–water partition coefficient (Wildman–Crippen LogP) is 2.24. The van der Waals surface area contributed by atoms with Crippen LogP contribution in [0, 0.1) is 6.92 Å². The van der Waals surface area contributed by atoms with Gasteiger partial charge in [-0.3, -0.25) is 9.78 Å². The lowest BCUT2D eigenvalue weighted by atomic mass is 9.90. The zero-order valence-corrected chi connectivity index (χ0v) is 16.0. The van der Waals surface area contributed by atoms with Crippen molar-refractivity contribution in [1.82, 2.24) is 14.2 Å². The number of alkyl halides is 1. The number of carbonyl (C=O) groups is 1. The van der Waals surface area contributed by atoms with Gasteiger partial charge in [0.15, 0.2) is 0 Å². The number of fused-ring (bicyclic) bond motifs is 3. The fourth-order valence-corrected chi connectivity index (χ4v) is 5.57. The maximum absolute atomic E-state index is 13.1. The molecule has 4 rings (SSSR count). The number of hydrogen-bond acceptors (Lipinski definition) is 4. The Hall–Kier alpha value is -2.32. The summed E-state index contributed by atoms with van der Waals surface area (Å²) < 4.78 is 40.3. The average Bonchev–Trinajstić information content (AvgIpc) is 2.90. The maximum atomic E-state index is 13.1. The second kappa shape index (κ2) is 6.10. The minimum absolute atomic E-state index is 0.0950. The van der Waals surface area contributed by atoms with Gasteiger partial charge in [0, 0.05) is 25.8 Å². The molecule has 1 atom stereocenters. The summed E-state index contributed by atoms with van der Waals surface area (Å²) in [5.74, 6) is -0.0950. The first-order chi connectivity index (χ1) is 12.8. The van der Waals surface area contributed by atoms with E-state index in [1.54, 1.807) is 24.1 Å². The van der Waals surface area contributed by atoms with E-state index in [1.807, 2.05) is 6.92 Å². The van der Waals surface area contributed by atoms with Crippen molar-refractivity contribution in [3.8, 4) is 0 Å². The third-order valence-electron chi connectivity index (χ3n) is 5.55. The molecule has 2 aromatic rings. The number of aromatic nitrogens is 1. The molecule has 0 N–H and O–H groups in total. The molecule has 1 fully saturated rings. The highest BCUT2D eigenvalue weighted by molar-refractivity contribution is 7.89. The van der Waals surface area contributed by atoms with E-state index in [-0.39, 0.29) is 23.9 Å². The van der Waals surface area contributed by atoms with E-state index >= 15 is 0 Å². The topological polar surface area (TPSA) is 70.6 Å². The third kappa shape index (κ3) is 2.58. The molecule has 6 nitrogen and oxygen atoms in total. The number of benzene rings is 1. The maximum Gasteiger partial charge on any atom is 0.256 e. The van der Waals surface area contributed by atoms with Gasteiger partial charge in [-0.1, -0.05) is 12.1 Å². The van der Waals surface area contributed by atoms with Crippen molar-refractivity contribution in [3.63, 3.8) is 0 Å². The molecule has 0 radical (unpaired) electrons. The van der Waals surface area contributed by atoms with Gasteiger partial charge in [0.2, 0.25) is 10.0 Å². The number of carbonyl (C=O) groups excluding carboxylic acids is 1. The third-order valence-corrected chi connectivity index (χ3v) is 7.41. The van der Waals surface area contributed by atoms with E-state index in [4.69, 9.17) is 0 Å². The Labute approximate surface area is 157 Å². The predicted molar refractivity (Wildman–Crippen MR) is 97.4 cm³/mol. The molecule has 2 aliphatic heterocycles. The van der Waals surface area contributed by atoms with E-state index in [1.165, 1.54) is 28.6 Å². The van der Waals surface area contributed by atoms with E-state index in [0.29, 0.717) is 23.4 Å². The van der Waals surface area contributed by atoms with Gasteiger partial charge in [0.25, 0.3) is 5.91 Å². The highest BCUT2D eigenvalue weighted by Gasteiger charge is 2.52. The van der Waals surface area contributed by atoms with Crippen LogP contribution in [0.15, 0.2) is 41.4 Å². The van der Waals surface area contributed by atoms with Crippen LogP contribution in [0.5, 0.6) is 0 Å². The zero-order valence-electron chi connectivity index (χ0n) is 15.1. The largest absolute Gasteiger partial charge is 0.326 e. The van der Waals surface area contributed by atoms with Crippen LogP contribution in [0.2, 0.25) is 0 Å². The van der Waals surface area contributed by atoms with E-state index in [0.717, 1.165) is 5.56 Å². The lowest BCUT2D eigenvalue weighted by Crippen LogP contribution is -2.58. The van der Waals surface area contributed by atoms with E-state index in [2.05, 4.69) is 4.98 Å². The second-order valence-corrected chi connectivity index (χ2v) is 9.10. The number of halogens is 1. The first kappa shape index (κ1) is 18.1. The fraction of sp³-hybridized carbons (Fsp3) is 0.368. The van der Waals surface area contributed by atoms with Crippen molar-refractivity contribution in [1.29, 1.82) is 0 Å². The minimum atomic E-state index is -3.74. The second-order valence-electron chi connectivity index (χ2n) is 7.17. The zero-order chi connectivity index (χ0) is 19.4. The van der Waals surface area contributed by atoms with Crippen molar-refractivity contribution in [2.45, 2.75) is 31.0 Å².